The molecule has 1 nitrogen and oxygen atoms in total. The first-order valence-corrected chi connectivity index (χ1v) is 8.60. The predicted molar refractivity (Wildman–Crippen MR) is 88.2 cm³/mol. The van der Waals surface area contributed by atoms with E-state index in [-0.39, 0.29) is 5.78 Å². The highest BCUT2D eigenvalue weighted by Gasteiger charge is 2.15. The summed E-state index contributed by atoms with van der Waals surface area (Å²) in [6, 6.07) is 9.81. The van der Waals surface area contributed by atoms with Crippen LogP contribution in [0.25, 0.3) is 0 Å². The van der Waals surface area contributed by atoms with Gasteiger partial charge in [0.15, 0.2) is 5.78 Å². The van der Waals surface area contributed by atoms with Gasteiger partial charge in [0.2, 0.25) is 0 Å². The van der Waals surface area contributed by atoms with Gasteiger partial charge in [0.25, 0.3) is 0 Å². The van der Waals surface area contributed by atoms with Gasteiger partial charge in [0.1, 0.15) is 0 Å². The van der Waals surface area contributed by atoms with Crippen molar-refractivity contribution in [3.05, 3.63) is 54.6 Å². The minimum absolute atomic E-state index is 0.0656. The fourth-order valence-electron chi connectivity index (χ4n) is 1.85. The maximum Gasteiger partial charge on any atom is 0.195 e. The van der Waals surface area contributed by atoms with Gasteiger partial charge in [-0.2, -0.15) is 0 Å². The smallest absolute Gasteiger partial charge is 0.195 e. The molecular formula is C15H14Br2OS. The minimum atomic E-state index is 0.0656. The van der Waals surface area contributed by atoms with Gasteiger partial charge in [-0.25, -0.2) is 0 Å². The Balaban J connectivity index is 2.18. The fraction of sp³-hybridized carbons (Fsp3) is 0.267. The topological polar surface area (TPSA) is 17.1 Å². The third-order valence-electron chi connectivity index (χ3n) is 2.94. The molecule has 2 aromatic rings. The van der Waals surface area contributed by atoms with E-state index in [1.165, 1.54) is 29.7 Å². The number of hydrogen-bond donors (Lipinski definition) is 0. The standard InChI is InChI=1S/C15H14Br2OS/c1-2-3-4-10-5-7-11(8-6-10)14(18)12-9-13(16)19-15(12)17/h5-9H,2-4H2,1H3. The van der Waals surface area contributed by atoms with Gasteiger partial charge in [0, 0.05) is 11.1 Å². The van der Waals surface area contributed by atoms with Crippen molar-refractivity contribution in [3.63, 3.8) is 0 Å². The molecule has 2 rings (SSSR count). The molecule has 0 aliphatic carbocycles. The van der Waals surface area contributed by atoms with Crippen molar-refractivity contribution in [2.45, 2.75) is 26.2 Å². The van der Waals surface area contributed by atoms with Gasteiger partial charge < -0.3 is 0 Å². The summed E-state index contributed by atoms with van der Waals surface area (Å²) in [6.45, 7) is 2.18. The number of thiophene rings is 1. The number of ketones is 1. The second-order valence-electron chi connectivity index (χ2n) is 4.37. The average Bonchev–Trinajstić information content (AvgIpc) is 2.75. The van der Waals surface area contributed by atoms with Crippen molar-refractivity contribution in [2.75, 3.05) is 0 Å². The van der Waals surface area contributed by atoms with Crippen LogP contribution >= 0.6 is 43.2 Å². The number of carbonyl (C=O) groups excluding carboxylic acids is 1. The summed E-state index contributed by atoms with van der Waals surface area (Å²) in [5.41, 5.74) is 2.76. The Bertz CT molecular complexity index is 572. The number of rotatable bonds is 5. The zero-order valence-electron chi connectivity index (χ0n) is 10.6. The minimum Gasteiger partial charge on any atom is -0.289 e. The van der Waals surface area contributed by atoms with E-state index in [0.29, 0.717) is 0 Å². The Morgan fingerprint density at radius 1 is 1.21 bits per heavy atom. The highest BCUT2D eigenvalue weighted by atomic mass is 79.9. The highest BCUT2D eigenvalue weighted by molar-refractivity contribution is 9.12. The first kappa shape index (κ1) is 14.9. The number of halogens is 2. The van der Waals surface area contributed by atoms with Crippen LogP contribution in [-0.4, -0.2) is 5.78 Å². The second kappa shape index (κ2) is 6.82. The van der Waals surface area contributed by atoms with Crippen LogP contribution in [0.1, 0.15) is 41.3 Å². The van der Waals surface area contributed by atoms with E-state index in [2.05, 4.69) is 50.9 Å². The van der Waals surface area contributed by atoms with E-state index in [0.717, 1.165) is 25.1 Å². The van der Waals surface area contributed by atoms with Crippen LogP contribution in [0.2, 0.25) is 0 Å². The van der Waals surface area contributed by atoms with Crippen LogP contribution in [0.5, 0.6) is 0 Å². The summed E-state index contributed by atoms with van der Waals surface area (Å²) in [7, 11) is 0. The molecule has 0 aliphatic rings. The lowest BCUT2D eigenvalue weighted by Gasteiger charge is -2.03. The molecule has 1 aromatic carbocycles. The second-order valence-corrected chi connectivity index (χ2v) is 8.12. The molecule has 0 saturated heterocycles. The average molecular weight is 402 g/mol. The van der Waals surface area contributed by atoms with Gasteiger partial charge in [-0.3, -0.25) is 4.79 Å². The third-order valence-corrected chi connectivity index (χ3v) is 5.28. The summed E-state index contributed by atoms with van der Waals surface area (Å²) in [5, 5.41) is 0. The van der Waals surface area contributed by atoms with E-state index < -0.39 is 0 Å². The van der Waals surface area contributed by atoms with Crippen LogP contribution in [0, 0.1) is 0 Å². The number of benzene rings is 1. The summed E-state index contributed by atoms with van der Waals surface area (Å²) < 4.78 is 1.83. The highest BCUT2D eigenvalue weighted by Crippen LogP contribution is 2.33. The van der Waals surface area contributed by atoms with Crippen molar-refractivity contribution < 1.29 is 4.79 Å². The van der Waals surface area contributed by atoms with E-state index >= 15 is 0 Å². The lowest BCUT2D eigenvalue weighted by Crippen LogP contribution is -2.00. The molecule has 0 fully saturated rings. The summed E-state index contributed by atoms with van der Waals surface area (Å²) >= 11 is 8.35. The lowest BCUT2D eigenvalue weighted by atomic mass is 10.0. The van der Waals surface area contributed by atoms with Crippen molar-refractivity contribution in [2.24, 2.45) is 0 Å². The van der Waals surface area contributed by atoms with E-state index in [1.807, 2.05) is 18.2 Å². The van der Waals surface area contributed by atoms with Crippen LogP contribution in [-0.2, 0) is 6.42 Å². The van der Waals surface area contributed by atoms with Crippen LogP contribution in [0.4, 0.5) is 0 Å². The predicted octanol–water partition coefficient (Wildman–Crippen LogP) is 5.85. The van der Waals surface area contributed by atoms with Crippen LogP contribution in [0.15, 0.2) is 37.9 Å². The molecule has 1 aromatic heterocycles. The van der Waals surface area contributed by atoms with Gasteiger partial charge in [0.05, 0.1) is 7.57 Å². The van der Waals surface area contributed by atoms with Gasteiger partial charge in [-0.05, 0) is 56.3 Å². The molecule has 0 aliphatic heterocycles. The fourth-order valence-corrected chi connectivity index (χ4v) is 4.65. The molecule has 1 heterocycles. The van der Waals surface area contributed by atoms with Gasteiger partial charge in [-0.15, -0.1) is 11.3 Å². The summed E-state index contributed by atoms with van der Waals surface area (Å²) in [6.07, 6.45) is 3.46. The Morgan fingerprint density at radius 3 is 2.42 bits per heavy atom. The van der Waals surface area contributed by atoms with Crippen molar-refractivity contribution in [1.29, 1.82) is 0 Å². The Hall–Kier alpha value is -0.450. The van der Waals surface area contributed by atoms with E-state index in [9.17, 15) is 4.79 Å². The van der Waals surface area contributed by atoms with Crippen molar-refractivity contribution in [3.8, 4) is 0 Å². The van der Waals surface area contributed by atoms with Gasteiger partial charge in [-0.1, -0.05) is 37.6 Å². The SMILES string of the molecule is CCCCc1ccc(C(=O)c2cc(Br)sc2Br)cc1. The Labute approximate surface area is 134 Å². The molecule has 0 amide bonds. The zero-order valence-corrected chi connectivity index (χ0v) is 14.6. The molecule has 0 N–H and O–H groups in total. The first-order chi connectivity index (χ1) is 9.11. The van der Waals surface area contributed by atoms with Crippen molar-refractivity contribution >= 4 is 49.0 Å². The van der Waals surface area contributed by atoms with Crippen molar-refractivity contribution in [1.82, 2.24) is 0 Å². The first-order valence-electron chi connectivity index (χ1n) is 6.20. The number of aryl methyl sites for hydroxylation is 1. The molecular weight excluding hydrogens is 388 g/mol. The lowest BCUT2D eigenvalue weighted by molar-refractivity contribution is 0.103. The summed E-state index contributed by atoms with van der Waals surface area (Å²) in [5.74, 6) is 0.0656. The molecule has 4 heteroatoms. The number of hydrogen-bond acceptors (Lipinski definition) is 2. The largest absolute Gasteiger partial charge is 0.289 e. The number of unbranched alkanes of at least 4 members (excludes halogenated alkanes) is 1. The van der Waals surface area contributed by atoms with Gasteiger partial charge >= 0.3 is 0 Å². The molecule has 0 spiro atoms. The summed E-state index contributed by atoms with van der Waals surface area (Å²) in [4.78, 5) is 12.4. The van der Waals surface area contributed by atoms with Crippen LogP contribution in [0.3, 0.4) is 0 Å². The Morgan fingerprint density at radius 2 is 1.89 bits per heavy atom. The molecule has 19 heavy (non-hydrogen) atoms. The van der Waals surface area contributed by atoms with Crippen LogP contribution < -0.4 is 0 Å². The maximum atomic E-state index is 12.4. The molecule has 0 bridgehead atoms. The Kier molecular flexibility index (Phi) is 5.37. The quantitative estimate of drug-likeness (QED) is 0.574. The van der Waals surface area contributed by atoms with E-state index in [4.69, 9.17) is 0 Å². The third kappa shape index (κ3) is 3.77. The molecule has 0 unspecified atom stereocenters. The molecule has 0 atom stereocenters. The zero-order chi connectivity index (χ0) is 13.8. The molecule has 100 valence electrons. The normalized spacial score (nSPS) is 10.7. The number of carbonyl (C=O) groups is 1. The maximum absolute atomic E-state index is 12.4. The molecule has 0 saturated carbocycles. The monoisotopic (exact) mass is 400 g/mol. The molecule has 0 radical (unpaired) electrons. The van der Waals surface area contributed by atoms with E-state index in [1.54, 1.807) is 0 Å².